The molecule has 0 heterocycles. The molecule has 0 aromatic rings. The van der Waals surface area contributed by atoms with Gasteiger partial charge in [-0.2, -0.15) is 0 Å². The van der Waals surface area contributed by atoms with Crippen LogP contribution in [0.15, 0.2) is 0 Å². The Morgan fingerprint density at radius 3 is 2.31 bits per heavy atom. The van der Waals surface area contributed by atoms with Gasteiger partial charge in [0, 0.05) is 0 Å². The van der Waals surface area contributed by atoms with Gasteiger partial charge in [0.1, 0.15) is 6.17 Å². The van der Waals surface area contributed by atoms with Crippen molar-refractivity contribution in [2.75, 3.05) is 0 Å². The number of halogens is 1. The third-order valence-corrected chi connectivity index (χ3v) is 10.8. The summed E-state index contributed by atoms with van der Waals surface area (Å²) >= 11 is 0. The minimum atomic E-state index is -0.636. The molecule has 168 valence electrons. The fourth-order valence-corrected chi connectivity index (χ4v) is 9.17. The summed E-state index contributed by atoms with van der Waals surface area (Å²) in [5, 5.41) is 10.2. The smallest absolute Gasteiger partial charge is 0.104 e. The van der Waals surface area contributed by atoms with Crippen molar-refractivity contribution in [1.29, 1.82) is 0 Å². The molecule has 0 amide bonds. The van der Waals surface area contributed by atoms with Crippen LogP contribution >= 0.6 is 0 Å². The molecule has 0 bridgehead atoms. The van der Waals surface area contributed by atoms with Crippen molar-refractivity contribution in [3.05, 3.63) is 0 Å². The fourth-order valence-electron chi connectivity index (χ4n) is 9.17. The van der Waals surface area contributed by atoms with Gasteiger partial charge in [-0.15, -0.1) is 0 Å². The van der Waals surface area contributed by atoms with E-state index in [4.69, 9.17) is 0 Å². The van der Waals surface area contributed by atoms with Crippen LogP contribution in [-0.4, -0.2) is 17.4 Å². The predicted octanol–water partition coefficient (Wildman–Crippen LogP) is 7.42. The maximum absolute atomic E-state index is 15.7. The second-order valence-electron chi connectivity index (χ2n) is 12.7. The number of rotatable bonds is 5. The van der Waals surface area contributed by atoms with Gasteiger partial charge in [0.15, 0.2) is 0 Å². The molecule has 1 nitrogen and oxygen atoms in total. The lowest BCUT2D eigenvalue weighted by molar-refractivity contribution is -0.157. The predicted molar refractivity (Wildman–Crippen MR) is 119 cm³/mol. The van der Waals surface area contributed by atoms with Crippen molar-refractivity contribution < 1.29 is 9.50 Å². The lowest BCUT2D eigenvalue weighted by Gasteiger charge is -2.62. The molecule has 1 N–H and O–H groups in total. The molecule has 4 aliphatic rings. The maximum atomic E-state index is 15.7. The number of aliphatic hydroxyl groups excluding tert-OH is 1. The Kier molecular flexibility index (Phi) is 6.17. The summed E-state index contributed by atoms with van der Waals surface area (Å²) in [5.41, 5.74) is 0.634. The largest absolute Gasteiger partial charge is 0.393 e. The molecule has 0 aromatic heterocycles. The Balaban J connectivity index is 1.50. The molecule has 9 unspecified atom stereocenters. The van der Waals surface area contributed by atoms with Crippen molar-refractivity contribution in [1.82, 2.24) is 0 Å². The van der Waals surface area contributed by atoms with Gasteiger partial charge < -0.3 is 5.11 Å². The van der Waals surface area contributed by atoms with Crippen molar-refractivity contribution in [2.24, 2.45) is 52.3 Å². The Hall–Kier alpha value is -0.110. The van der Waals surface area contributed by atoms with E-state index in [1.807, 2.05) is 0 Å². The van der Waals surface area contributed by atoms with Gasteiger partial charge in [-0.05, 0) is 104 Å². The quantitative estimate of drug-likeness (QED) is 0.504. The third kappa shape index (κ3) is 3.72. The monoisotopic (exact) mass is 406 g/mol. The van der Waals surface area contributed by atoms with E-state index in [0.29, 0.717) is 23.2 Å². The van der Waals surface area contributed by atoms with Crippen LogP contribution in [0.1, 0.15) is 105 Å². The minimum absolute atomic E-state index is 0.187. The molecule has 4 rings (SSSR count). The van der Waals surface area contributed by atoms with Crippen LogP contribution in [0.5, 0.6) is 0 Å². The van der Waals surface area contributed by atoms with Crippen LogP contribution in [0, 0.1) is 52.3 Å². The highest BCUT2D eigenvalue weighted by atomic mass is 19.1. The number of fused-ring (bicyclic) bond motifs is 5. The van der Waals surface area contributed by atoms with Gasteiger partial charge in [-0.1, -0.05) is 53.9 Å². The van der Waals surface area contributed by atoms with E-state index in [1.54, 1.807) is 0 Å². The van der Waals surface area contributed by atoms with Crippen LogP contribution in [0.4, 0.5) is 4.39 Å². The van der Waals surface area contributed by atoms with Gasteiger partial charge in [0.25, 0.3) is 0 Å². The highest BCUT2D eigenvalue weighted by Crippen LogP contribution is 2.68. The zero-order valence-corrected chi connectivity index (χ0v) is 19.8. The molecule has 2 heteroatoms. The van der Waals surface area contributed by atoms with Crippen molar-refractivity contribution in [3.63, 3.8) is 0 Å². The summed E-state index contributed by atoms with van der Waals surface area (Å²) in [5.74, 6) is 4.23. The van der Waals surface area contributed by atoms with Crippen LogP contribution in [0.3, 0.4) is 0 Å². The van der Waals surface area contributed by atoms with E-state index in [-0.39, 0.29) is 17.4 Å². The second kappa shape index (κ2) is 8.10. The van der Waals surface area contributed by atoms with Crippen LogP contribution in [-0.2, 0) is 0 Å². The first kappa shape index (κ1) is 22.1. The third-order valence-electron chi connectivity index (χ3n) is 10.8. The number of hydrogen-bond acceptors (Lipinski definition) is 1. The highest BCUT2D eigenvalue weighted by molar-refractivity contribution is 5.11. The first-order valence-electron chi connectivity index (χ1n) is 13.0. The van der Waals surface area contributed by atoms with Gasteiger partial charge in [0.2, 0.25) is 0 Å². The SMILES string of the molecule is CC(C)CCC[C@@H](C)C1CCC2C3C(F)CC4CC(O)CCC4(C)C3CCC21C. The zero-order valence-electron chi connectivity index (χ0n) is 19.8. The Labute approximate surface area is 179 Å². The Morgan fingerprint density at radius 2 is 1.59 bits per heavy atom. The van der Waals surface area contributed by atoms with Crippen LogP contribution in [0.25, 0.3) is 0 Å². The molecule has 0 aromatic carbocycles. The summed E-state index contributed by atoms with van der Waals surface area (Å²) in [7, 11) is 0. The number of hydrogen-bond donors (Lipinski definition) is 1. The molecule has 4 saturated carbocycles. The zero-order chi connectivity index (χ0) is 21.0. The van der Waals surface area contributed by atoms with E-state index in [9.17, 15) is 5.11 Å². The summed E-state index contributed by atoms with van der Waals surface area (Å²) in [4.78, 5) is 0. The molecule has 0 aliphatic heterocycles. The molecule has 4 aliphatic carbocycles. The first-order chi connectivity index (χ1) is 13.7. The summed E-state index contributed by atoms with van der Waals surface area (Å²) in [6, 6.07) is 0. The van der Waals surface area contributed by atoms with Crippen LogP contribution in [0.2, 0.25) is 0 Å². The molecule has 4 fully saturated rings. The molecular weight excluding hydrogens is 359 g/mol. The standard InChI is InChI=1S/C27H47FO/c1-17(2)7-6-8-18(3)21-9-10-22-25-23(12-14-27(21,22)5)26(4)13-11-20(29)15-19(26)16-24(25)28/h17-25,29H,6-16H2,1-5H3/t18-,19?,20?,21?,22?,23?,24?,25?,26?,27?/m1/s1. The van der Waals surface area contributed by atoms with E-state index in [1.165, 1.54) is 44.9 Å². The van der Waals surface area contributed by atoms with Gasteiger partial charge in [-0.25, -0.2) is 4.39 Å². The molecule has 0 radical (unpaired) electrons. The molecule has 10 atom stereocenters. The van der Waals surface area contributed by atoms with Crippen molar-refractivity contribution >= 4 is 0 Å². The molecular formula is C27H47FO. The number of aliphatic hydroxyl groups is 1. The Morgan fingerprint density at radius 1 is 0.897 bits per heavy atom. The topological polar surface area (TPSA) is 20.2 Å². The Bertz CT molecular complexity index is 575. The van der Waals surface area contributed by atoms with Gasteiger partial charge >= 0.3 is 0 Å². The number of alkyl halides is 1. The average Bonchev–Trinajstić information content (AvgIpc) is 3.00. The van der Waals surface area contributed by atoms with Crippen molar-refractivity contribution in [3.8, 4) is 0 Å². The van der Waals surface area contributed by atoms with Gasteiger partial charge in [0.05, 0.1) is 6.10 Å². The summed E-state index contributed by atoms with van der Waals surface area (Å²) in [6.45, 7) is 12.2. The second-order valence-corrected chi connectivity index (χ2v) is 12.7. The van der Waals surface area contributed by atoms with Crippen molar-refractivity contribution in [2.45, 2.75) is 118 Å². The molecule has 0 saturated heterocycles. The summed E-state index contributed by atoms with van der Waals surface area (Å²) < 4.78 is 15.7. The minimum Gasteiger partial charge on any atom is -0.393 e. The lowest BCUT2D eigenvalue weighted by Crippen LogP contribution is -2.57. The highest BCUT2D eigenvalue weighted by Gasteiger charge is 2.63. The van der Waals surface area contributed by atoms with Crippen LogP contribution < -0.4 is 0 Å². The molecule has 29 heavy (non-hydrogen) atoms. The normalized spacial score (nSPS) is 50.7. The first-order valence-corrected chi connectivity index (χ1v) is 13.0. The average molecular weight is 407 g/mol. The van der Waals surface area contributed by atoms with E-state index in [2.05, 4.69) is 34.6 Å². The van der Waals surface area contributed by atoms with Gasteiger partial charge in [-0.3, -0.25) is 0 Å². The van der Waals surface area contributed by atoms with E-state index < -0.39 is 6.17 Å². The fraction of sp³-hybridized carbons (Fsp3) is 1.00. The summed E-state index contributed by atoms with van der Waals surface area (Å²) in [6.07, 6.45) is 12.0. The maximum Gasteiger partial charge on any atom is 0.104 e. The molecule has 0 spiro atoms. The lowest BCUT2D eigenvalue weighted by atomic mass is 9.44. The van der Waals surface area contributed by atoms with E-state index in [0.717, 1.165) is 43.4 Å². The van der Waals surface area contributed by atoms with E-state index >= 15 is 4.39 Å².